The molecule has 1 aromatic heterocycles. The molecule has 0 aliphatic carbocycles. The molecule has 0 saturated heterocycles. The lowest BCUT2D eigenvalue weighted by Crippen LogP contribution is -2.08. The van der Waals surface area contributed by atoms with E-state index in [1.54, 1.807) is 19.2 Å². The summed E-state index contributed by atoms with van der Waals surface area (Å²) >= 11 is 7.35. The molecule has 0 spiro atoms. The van der Waals surface area contributed by atoms with Crippen LogP contribution in [-0.4, -0.2) is 19.4 Å². The van der Waals surface area contributed by atoms with Gasteiger partial charge in [-0.15, -0.1) is 11.3 Å². The van der Waals surface area contributed by atoms with E-state index in [9.17, 15) is 4.79 Å². The fourth-order valence-electron chi connectivity index (χ4n) is 1.68. The molecule has 0 radical (unpaired) electrons. The number of Topliss-reactive ketones (excluding diaryl/α,β-unsaturated/α-hetero) is 1. The second-order valence-corrected chi connectivity index (χ2v) is 5.31. The van der Waals surface area contributed by atoms with Crippen LogP contribution >= 0.6 is 22.9 Å². The van der Waals surface area contributed by atoms with Gasteiger partial charge in [-0.1, -0.05) is 17.7 Å². The minimum atomic E-state index is 0.149. The molecule has 5 heteroatoms. The Morgan fingerprint density at radius 2 is 2.26 bits per heavy atom. The molecule has 3 nitrogen and oxygen atoms in total. The number of rotatable bonds is 6. The topological polar surface area (TPSA) is 38.3 Å². The van der Waals surface area contributed by atoms with Gasteiger partial charge >= 0.3 is 0 Å². The largest absolute Gasteiger partial charge is 0.495 e. The lowest BCUT2D eigenvalue weighted by atomic mass is 10.2. The Kier molecular flexibility index (Phi) is 4.82. The molecule has 2 rings (SSSR count). The summed E-state index contributed by atoms with van der Waals surface area (Å²) in [5, 5.41) is 5.71. The van der Waals surface area contributed by atoms with Gasteiger partial charge in [0.25, 0.3) is 0 Å². The Balaban J connectivity index is 1.91. The van der Waals surface area contributed by atoms with E-state index in [2.05, 4.69) is 5.32 Å². The van der Waals surface area contributed by atoms with Gasteiger partial charge in [0.05, 0.1) is 17.7 Å². The van der Waals surface area contributed by atoms with Crippen molar-refractivity contribution in [1.82, 2.24) is 0 Å². The average molecular weight is 296 g/mol. The van der Waals surface area contributed by atoms with Crippen LogP contribution in [0.5, 0.6) is 5.75 Å². The van der Waals surface area contributed by atoms with Crippen LogP contribution in [0.25, 0.3) is 0 Å². The van der Waals surface area contributed by atoms with Crippen molar-refractivity contribution in [3.8, 4) is 5.75 Å². The zero-order valence-corrected chi connectivity index (χ0v) is 12.1. The second kappa shape index (κ2) is 6.59. The van der Waals surface area contributed by atoms with Gasteiger partial charge in [0.1, 0.15) is 5.75 Å². The molecule has 0 saturated carbocycles. The van der Waals surface area contributed by atoms with Crippen molar-refractivity contribution in [3.05, 3.63) is 45.6 Å². The Labute approximate surface area is 121 Å². The first-order chi connectivity index (χ1) is 9.20. The number of benzene rings is 1. The fourth-order valence-corrected chi connectivity index (χ4v) is 2.54. The van der Waals surface area contributed by atoms with Crippen LogP contribution in [0.2, 0.25) is 5.02 Å². The zero-order valence-electron chi connectivity index (χ0n) is 10.5. The molecule has 1 aromatic carbocycles. The molecule has 0 aliphatic rings. The normalized spacial score (nSPS) is 10.2. The van der Waals surface area contributed by atoms with Gasteiger partial charge in [-0.2, -0.15) is 0 Å². The van der Waals surface area contributed by atoms with Crippen molar-refractivity contribution in [2.45, 2.75) is 6.42 Å². The molecule has 2 aromatic rings. The fraction of sp³-hybridized carbons (Fsp3) is 0.214. The van der Waals surface area contributed by atoms with Crippen LogP contribution in [-0.2, 0) is 0 Å². The van der Waals surface area contributed by atoms with E-state index in [1.807, 2.05) is 23.6 Å². The van der Waals surface area contributed by atoms with Crippen molar-refractivity contribution in [3.63, 3.8) is 0 Å². The highest BCUT2D eigenvalue weighted by Gasteiger charge is 2.07. The smallest absolute Gasteiger partial charge is 0.174 e. The number of hydrogen-bond acceptors (Lipinski definition) is 4. The van der Waals surface area contributed by atoms with Gasteiger partial charge in [-0.05, 0) is 23.6 Å². The number of thiophene rings is 1. The molecular weight excluding hydrogens is 282 g/mol. The van der Waals surface area contributed by atoms with E-state index < -0.39 is 0 Å². The number of methoxy groups -OCH3 is 1. The lowest BCUT2D eigenvalue weighted by Gasteiger charge is -2.10. The Morgan fingerprint density at radius 1 is 1.42 bits per heavy atom. The number of carbonyl (C=O) groups is 1. The van der Waals surface area contributed by atoms with Crippen molar-refractivity contribution < 1.29 is 9.53 Å². The number of ether oxygens (including phenoxy) is 1. The Morgan fingerprint density at radius 3 is 2.95 bits per heavy atom. The maximum Gasteiger partial charge on any atom is 0.174 e. The first-order valence-corrected chi connectivity index (χ1v) is 7.10. The molecule has 1 N–H and O–H groups in total. The molecular formula is C14H14ClNO2S. The monoisotopic (exact) mass is 295 g/mol. The second-order valence-electron chi connectivity index (χ2n) is 3.92. The maximum absolute atomic E-state index is 11.8. The third kappa shape index (κ3) is 3.72. The SMILES string of the molecule is COc1cc(Cl)ccc1NCCC(=O)c1cccs1. The summed E-state index contributed by atoms with van der Waals surface area (Å²) in [6.07, 6.45) is 0.451. The average Bonchev–Trinajstić information content (AvgIpc) is 2.94. The van der Waals surface area contributed by atoms with Crippen LogP contribution in [0.1, 0.15) is 16.1 Å². The summed E-state index contributed by atoms with van der Waals surface area (Å²) in [5.74, 6) is 0.825. The summed E-state index contributed by atoms with van der Waals surface area (Å²) in [5.41, 5.74) is 0.839. The molecule has 0 aliphatic heterocycles. The van der Waals surface area contributed by atoms with E-state index in [0.717, 1.165) is 10.6 Å². The first-order valence-electron chi connectivity index (χ1n) is 5.85. The molecule has 0 fully saturated rings. The standard InChI is InChI=1S/C14H14ClNO2S/c1-18-13-9-10(15)4-5-11(13)16-7-6-12(17)14-3-2-8-19-14/h2-5,8-9,16H,6-7H2,1H3. The van der Waals surface area contributed by atoms with Crippen LogP contribution in [0.15, 0.2) is 35.7 Å². The highest BCUT2D eigenvalue weighted by Crippen LogP contribution is 2.27. The van der Waals surface area contributed by atoms with Crippen LogP contribution < -0.4 is 10.1 Å². The van der Waals surface area contributed by atoms with Gasteiger partial charge in [0.15, 0.2) is 5.78 Å². The maximum atomic E-state index is 11.8. The van der Waals surface area contributed by atoms with Crippen LogP contribution in [0, 0.1) is 0 Å². The predicted molar refractivity (Wildman–Crippen MR) is 79.8 cm³/mol. The highest BCUT2D eigenvalue weighted by molar-refractivity contribution is 7.12. The summed E-state index contributed by atoms with van der Waals surface area (Å²) in [7, 11) is 1.59. The quantitative estimate of drug-likeness (QED) is 0.816. The Bertz CT molecular complexity index is 555. The number of ketones is 1. The minimum Gasteiger partial charge on any atom is -0.495 e. The van der Waals surface area contributed by atoms with E-state index in [1.165, 1.54) is 11.3 Å². The molecule has 0 unspecified atom stereocenters. The molecule has 100 valence electrons. The van der Waals surface area contributed by atoms with E-state index in [0.29, 0.717) is 23.7 Å². The number of carbonyl (C=O) groups excluding carboxylic acids is 1. The molecule has 0 bridgehead atoms. The number of halogens is 1. The van der Waals surface area contributed by atoms with Crippen molar-refractivity contribution in [2.24, 2.45) is 0 Å². The number of hydrogen-bond donors (Lipinski definition) is 1. The molecule has 0 amide bonds. The summed E-state index contributed by atoms with van der Waals surface area (Å²) in [6, 6.07) is 9.10. The van der Waals surface area contributed by atoms with Gasteiger partial charge in [-0.25, -0.2) is 0 Å². The summed E-state index contributed by atoms with van der Waals surface area (Å²) < 4.78 is 5.23. The van der Waals surface area contributed by atoms with Crippen molar-refractivity contribution in [1.29, 1.82) is 0 Å². The third-order valence-electron chi connectivity index (χ3n) is 2.63. The summed E-state index contributed by atoms with van der Waals surface area (Å²) in [6.45, 7) is 0.564. The zero-order chi connectivity index (χ0) is 13.7. The minimum absolute atomic E-state index is 0.149. The Hall–Kier alpha value is -1.52. The molecule has 1 heterocycles. The van der Waals surface area contributed by atoms with Gasteiger partial charge in [0, 0.05) is 24.1 Å². The highest BCUT2D eigenvalue weighted by atomic mass is 35.5. The molecule has 0 atom stereocenters. The summed E-state index contributed by atoms with van der Waals surface area (Å²) in [4.78, 5) is 12.6. The van der Waals surface area contributed by atoms with E-state index in [-0.39, 0.29) is 5.78 Å². The first kappa shape index (κ1) is 13.9. The number of anilines is 1. The van der Waals surface area contributed by atoms with Gasteiger partial charge < -0.3 is 10.1 Å². The van der Waals surface area contributed by atoms with Crippen LogP contribution in [0.3, 0.4) is 0 Å². The predicted octanol–water partition coefficient (Wildman–Crippen LogP) is 4.10. The van der Waals surface area contributed by atoms with Crippen LogP contribution in [0.4, 0.5) is 5.69 Å². The lowest BCUT2D eigenvalue weighted by molar-refractivity contribution is 0.0990. The van der Waals surface area contributed by atoms with Crippen molar-refractivity contribution in [2.75, 3.05) is 19.0 Å². The van der Waals surface area contributed by atoms with E-state index >= 15 is 0 Å². The van der Waals surface area contributed by atoms with Gasteiger partial charge in [-0.3, -0.25) is 4.79 Å². The van der Waals surface area contributed by atoms with Gasteiger partial charge in [0.2, 0.25) is 0 Å². The van der Waals surface area contributed by atoms with E-state index in [4.69, 9.17) is 16.3 Å². The number of nitrogens with one attached hydrogen (secondary N) is 1. The third-order valence-corrected chi connectivity index (χ3v) is 3.77. The molecule has 19 heavy (non-hydrogen) atoms. The van der Waals surface area contributed by atoms with Crippen molar-refractivity contribution >= 4 is 34.4 Å².